The summed E-state index contributed by atoms with van der Waals surface area (Å²) in [5.74, 6) is -0.484. The molecule has 46 heavy (non-hydrogen) atoms. The van der Waals surface area contributed by atoms with Gasteiger partial charge in [-0.25, -0.2) is 9.59 Å². The molecule has 0 aromatic heterocycles. The van der Waals surface area contributed by atoms with Crippen molar-refractivity contribution in [3.05, 3.63) is 90.0 Å². The van der Waals surface area contributed by atoms with Crippen LogP contribution in [0.4, 0.5) is 4.79 Å². The maximum atomic E-state index is 14.0. The molecule has 4 rings (SSSR count). The van der Waals surface area contributed by atoms with Gasteiger partial charge in [0.2, 0.25) is 5.91 Å². The zero-order valence-corrected chi connectivity index (χ0v) is 27.0. The van der Waals surface area contributed by atoms with Crippen molar-refractivity contribution in [2.24, 2.45) is 0 Å². The van der Waals surface area contributed by atoms with Crippen molar-refractivity contribution in [3.8, 4) is 11.5 Å². The third-order valence-electron chi connectivity index (χ3n) is 6.93. The second kappa shape index (κ2) is 15.1. The molecule has 1 aliphatic rings. The van der Waals surface area contributed by atoms with Gasteiger partial charge < -0.3 is 33.9 Å². The highest BCUT2D eigenvalue weighted by molar-refractivity contribution is 7.87. The van der Waals surface area contributed by atoms with Gasteiger partial charge in [-0.2, -0.15) is 8.42 Å². The maximum absolute atomic E-state index is 14.0. The molecule has 246 valence electrons. The van der Waals surface area contributed by atoms with Crippen LogP contribution in [0, 0.1) is 0 Å². The number of hydrogen-bond donors (Lipinski definition) is 2. The first kappa shape index (κ1) is 34.3. The van der Waals surface area contributed by atoms with Crippen LogP contribution < -0.4 is 19.6 Å². The Kier molecular flexibility index (Phi) is 11.3. The number of ether oxygens (including phenoxy) is 3. The molecule has 12 nitrogen and oxygen atoms in total. The maximum Gasteiger partial charge on any atom is 0.408 e. The van der Waals surface area contributed by atoms with Crippen LogP contribution in [-0.4, -0.2) is 75.7 Å². The Labute approximate surface area is 269 Å². The Bertz CT molecular complexity index is 1590. The third kappa shape index (κ3) is 9.69. The number of carbonyl (C=O) groups is 3. The first-order valence-corrected chi connectivity index (χ1v) is 16.1. The lowest BCUT2D eigenvalue weighted by molar-refractivity contribution is -0.166. The van der Waals surface area contributed by atoms with Crippen LogP contribution in [-0.2, 0) is 42.2 Å². The predicted molar refractivity (Wildman–Crippen MR) is 169 cm³/mol. The minimum Gasteiger partial charge on any atom is -0.497 e. The number of nitrogens with one attached hydrogen (secondary N) is 2. The molecule has 0 radical (unpaired) electrons. The average molecular weight is 654 g/mol. The van der Waals surface area contributed by atoms with Crippen molar-refractivity contribution in [3.63, 3.8) is 0 Å². The predicted octanol–water partition coefficient (Wildman–Crippen LogP) is 3.44. The smallest absolute Gasteiger partial charge is 0.408 e. The molecule has 2 amide bonds. The van der Waals surface area contributed by atoms with Crippen molar-refractivity contribution in [2.75, 3.05) is 26.7 Å². The summed E-state index contributed by atoms with van der Waals surface area (Å²) in [6.45, 7) is 6.10. The Hall–Kier alpha value is -4.62. The quantitative estimate of drug-likeness (QED) is 0.233. The summed E-state index contributed by atoms with van der Waals surface area (Å²) in [6, 6.07) is 19.0. The van der Waals surface area contributed by atoms with Gasteiger partial charge in [-0.1, -0.05) is 42.5 Å². The highest BCUT2D eigenvalue weighted by Crippen LogP contribution is 2.22. The largest absolute Gasteiger partial charge is 0.497 e. The van der Waals surface area contributed by atoms with E-state index in [0.717, 1.165) is 5.56 Å². The van der Waals surface area contributed by atoms with E-state index in [1.807, 2.05) is 18.2 Å². The van der Waals surface area contributed by atoms with Crippen LogP contribution >= 0.6 is 0 Å². The van der Waals surface area contributed by atoms with Gasteiger partial charge >= 0.3 is 22.2 Å². The van der Waals surface area contributed by atoms with Crippen molar-refractivity contribution in [2.45, 2.75) is 56.4 Å². The number of nitrogens with zero attached hydrogens (tertiary/aromatic N) is 1. The second-order valence-corrected chi connectivity index (χ2v) is 13.2. The van der Waals surface area contributed by atoms with E-state index in [0.29, 0.717) is 17.9 Å². The first-order chi connectivity index (χ1) is 21.8. The lowest BCUT2D eigenvalue weighted by atomic mass is 10.0. The molecular weight excluding hydrogens is 614 g/mol. The lowest BCUT2D eigenvalue weighted by Gasteiger charge is -2.38. The number of esters is 1. The summed E-state index contributed by atoms with van der Waals surface area (Å²) in [7, 11) is -2.64. The standard InChI is InChI=1S/C33H39N3O9S/c1-33(2,3)44-31(38)29-21-34-18-19-36(29)30(37)28(35-32(39)43-22-24-8-6-5-7-9-24)20-23-10-12-26(13-11-23)45-46(40,41)27-16-14-25(42-4)15-17-27/h5-17,28-29,34H,18-22H2,1-4H3,(H,35,39)/t28-,29?/m0/s1. The monoisotopic (exact) mass is 653 g/mol. The summed E-state index contributed by atoms with van der Waals surface area (Å²) >= 11 is 0. The summed E-state index contributed by atoms with van der Waals surface area (Å²) < 4.78 is 46.9. The van der Waals surface area contributed by atoms with E-state index < -0.39 is 45.8 Å². The normalized spacial score (nSPS) is 15.7. The number of amides is 2. The number of methoxy groups -OCH3 is 1. The van der Waals surface area contributed by atoms with Crippen molar-refractivity contribution < 1.29 is 41.2 Å². The van der Waals surface area contributed by atoms with E-state index in [-0.39, 0.29) is 36.8 Å². The van der Waals surface area contributed by atoms with Crippen LogP contribution in [0.15, 0.2) is 83.8 Å². The number of benzene rings is 3. The van der Waals surface area contributed by atoms with Gasteiger partial charge in [0, 0.05) is 26.1 Å². The topological polar surface area (TPSA) is 150 Å². The highest BCUT2D eigenvalue weighted by Gasteiger charge is 2.38. The van der Waals surface area contributed by atoms with E-state index in [4.69, 9.17) is 18.4 Å². The van der Waals surface area contributed by atoms with Gasteiger partial charge in [-0.3, -0.25) is 4.79 Å². The zero-order chi connectivity index (χ0) is 33.3. The third-order valence-corrected chi connectivity index (χ3v) is 8.19. The molecule has 0 spiro atoms. The number of hydrogen-bond acceptors (Lipinski definition) is 10. The summed E-state index contributed by atoms with van der Waals surface area (Å²) in [6.07, 6.45) is -0.785. The zero-order valence-electron chi connectivity index (χ0n) is 26.2. The average Bonchev–Trinajstić information content (AvgIpc) is 3.03. The molecule has 0 aliphatic carbocycles. The van der Waals surface area contributed by atoms with Crippen LogP contribution in [0.25, 0.3) is 0 Å². The molecular formula is C33H39N3O9S. The van der Waals surface area contributed by atoms with E-state index in [1.165, 1.54) is 48.4 Å². The SMILES string of the molecule is COc1ccc(S(=O)(=O)Oc2ccc(C[C@H](NC(=O)OCc3ccccc3)C(=O)N3CCNCC3C(=O)OC(C)(C)C)cc2)cc1. The lowest BCUT2D eigenvalue weighted by Crippen LogP contribution is -2.62. The highest BCUT2D eigenvalue weighted by atomic mass is 32.2. The second-order valence-electron chi connectivity index (χ2n) is 11.6. The fraction of sp³-hybridized carbons (Fsp3) is 0.364. The number of carbonyl (C=O) groups excluding carboxylic acids is 3. The van der Waals surface area contributed by atoms with Crippen molar-refractivity contribution in [1.29, 1.82) is 0 Å². The van der Waals surface area contributed by atoms with Crippen molar-refractivity contribution in [1.82, 2.24) is 15.5 Å². The Balaban J connectivity index is 1.51. The molecule has 1 saturated heterocycles. The Morgan fingerprint density at radius 3 is 2.22 bits per heavy atom. The van der Waals surface area contributed by atoms with Crippen LogP contribution in [0.5, 0.6) is 11.5 Å². The molecule has 2 N–H and O–H groups in total. The van der Waals surface area contributed by atoms with Gasteiger partial charge in [-0.05, 0) is 68.3 Å². The fourth-order valence-electron chi connectivity index (χ4n) is 4.69. The van der Waals surface area contributed by atoms with Crippen LogP contribution in [0.2, 0.25) is 0 Å². The molecule has 13 heteroatoms. The first-order valence-electron chi connectivity index (χ1n) is 14.7. The van der Waals surface area contributed by atoms with E-state index in [1.54, 1.807) is 45.0 Å². The molecule has 1 unspecified atom stereocenters. The summed E-state index contributed by atoms with van der Waals surface area (Å²) in [5.41, 5.74) is 0.611. The van der Waals surface area contributed by atoms with E-state index >= 15 is 0 Å². The fourth-order valence-corrected chi connectivity index (χ4v) is 5.62. The van der Waals surface area contributed by atoms with E-state index in [2.05, 4.69) is 10.6 Å². The van der Waals surface area contributed by atoms with Crippen LogP contribution in [0.1, 0.15) is 31.9 Å². The molecule has 1 fully saturated rings. The molecule has 0 saturated carbocycles. The van der Waals surface area contributed by atoms with Gasteiger partial charge in [-0.15, -0.1) is 0 Å². The van der Waals surface area contributed by atoms with Gasteiger partial charge in [0.1, 0.15) is 40.7 Å². The molecule has 1 aliphatic heterocycles. The van der Waals surface area contributed by atoms with Gasteiger partial charge in [0.05, 0.1) is 7.11 Å². The molecule has 3 aromatic carbocycles. The molecule has 0 bridgehead atoms. The minimum absolute atomic E-state index is 0.00352. The van der Waals surface area contributed by atoms with Gasteiger partial charge in [0.25, 0.3) is 0 Å². The number of alkyl carbamates (subject to hydrolysis) is 1. The summed E-state index contributed by atoms with van der Waals surface area (Å²) in [4.78, 5) is 41.3. The van der Waals surface area contributed by atoms with Crippen LogP contribution in [0.3, 0.4) is 0 Å². The van der Waals surface area contributed by atoms with Gasteiger partial charge in [0.15, 0.2) is 0 Å². The Morgan fingerprint density at radius 1 is 0.935 bits per heavy atom. The molecule has 1 heterocycles. The molecule has 2 atom stereocenters. The Morgan fingerprint density at radius 2 is 1.59 bits per heavy atom. The minimum atomic E-state index is -4.11. The number of rotatable bonds is 11. The molecule has 3 aromatic rings. The van der Waals surface area contributed by atoms with Crippen molar-refractivity contribution >= 4 is 28.1 Å². The summed E-state index contributed by atoms with van der Waals surface area (Å²) in [5, 5.41) is 5.78. The number of piperazine rings is 1. The van der Waals surface area contributed by atoms with E-state index in [9.17, 15) is 22.8 Å².